The highest BCUT2D eigenvalue weighted by molar-refractivity contribution is 9.10. The lowest BCUT2D eigenvalue weighted by molar-refractivity contribution is 0.0628. The molecule has 2 aromatic rings. The first-order chi connectivity index (χ1) is 13.1. The number of carbonyl (C=O) groups is 1. The normalized spacial score (nSPS) is 14.9. The number of methoxy groups -OCH3 is 1. The molecule has 0 unspecified atom stereocenters. The number of rotatable bonds is 6. The van der Waals surface area contributed by atoms with E-state index in [0.717, 1.165) is 37.2 Å². The SMILES string of the molecule is CCOc1c(Br)cc(C(=O)N2CCN(Cc3ccccc3)CC2)cc1OC. The fourth-order valence-electron chi connectivity index (χ4n) is 3.26. The molecule has 0 spiro atoms. The molecule has 0 N–H and O–H groups in total. The Labute approximate surface area is 169 Å². The Morgan fingerprint density at radius 2 is 1.81 bits per heavy atom. The van der Waals surface area contributed by atoms with E-state index in [2.05, 4.69) is 45.1 Å². The molecule has 1 heterocycles. The van der Waals surface area contributed by atoms with Gasteiger partial charge in [-0.1, -0.05) is 30.3 Å². The largest absolute Gasteiger partial charge is 0.493 e. The Kier molecular flexibility index (Phi) is 6.74. The predicted molar refractivity (Wildman–Crippen MR) is 109 cm³/mol. The van der Waals surface area contributed by atoms with Crippen LogP contribution in [0.4, 0.5) is 0 Å². The van der Waals surface area contributed by atoms with Crippen molar-refractivity contribution in [3.63, 3.8) is 0 Å². The fourth-order valence-corrected chi connectivity index (χ4v) is 3.82. The van der Waals surface area contributed by atoms with Crippen molar-refractivity contribution in [2.24, 2.45) is 0 Å². The van der Waals surface area contributed by atoms with Crippen LogP contribution in [0.25, 0.3) is 0 Å². The summed E-state index contributed by atoms with van der Waals surface area (Å²) in [5.74, 6) is 1.22. The Bertz CT molecular complexity index is 774. The molecule has 5 nitrogen and oxygen atoms in total. The Morgan fingerprint density at radius 3 is 2.44 bits per heavy atom. The molecule has 3 rings (SSSR count). The van der Waals surface area contributed by atoms with Crippen LogP contribution in [0.5, 0.6) is 11.5 Å². The fraction of sp³-hybridized carbons (Fsp3) is 0.381. The van der Waals surface area contributed by atoms with Gasteiger partial charge in [-0.15, -0.1) is 0 Å². The van der Waals surface area contributed by atoms with Crippen LogP contribution in [0, 0.1) is 0 Å². The van der Waals surface area contributed by atoms with Gasteiger partial charge in [0.15, 0.2) is 11.5 Å². The minimum Gasteiger partial charge on any atom is -0.493 e. The first-order valence-corrected chi connectivity index (χ1v) is 9.97. The van der Waals surface area contributed by atoms with Gasteiger partial charge < -0.3 is 14.4 Å². The lowest BCUT2D eigenvalue weighted by atomic mass is 10.1. The first kappa shape index (κ1) is 19.7. The molecule has 1 fully saturated rings. The zero-order chi connectivity index (χ0) is 19.2. The lowest BCUT2D eigenvalue weighted by Gasteiger charge is -2.35. The van der Waals surface area contributed by atoms with E-state index >= 15 is 0 Å². The Hall–Kier alpha value is -2.05. The number of amides is 1. The second-order valence-electron chi connectivity index (χ2n) is 6.48. The summed E-state index contributed by atoms with van der Waals surface area (Å²) in [6, 6.07) is 14.0. The van der Waals surface area contributed by atoms with Gasteiger partial charge >= 0.3 is 0 Å². The van der Waals surface area contributed by atoms with E-state index in [9.17, 15) is 4.79 Å². The molecule has 0 bridgehead atoms. The number of hydrogen-bond donors (Lipinski definition) is 0. The topological polar surface area (TPSA) is 42.0 Å². The summed E-state index contributed by atoms with van der Waals surface area (Å²) < 4.78 is 11.7. The summed E-state index contributed by atoms with van der Waals surface area (Å²) in [7, 11) is 1.58. The highest BCUT2D eigenvalue weighted by Gasteiger charge is 2.24. The average Bonchev–Trinajstić information content (AvgIpc) is 2.70. The van der Waals surface area contributed by atoms with Gasteiger partial charge in [-0.25, -0.2) is 0 Å². The first-order valence-electron chi connectivity index (χ1n) is 9.18. The zero-order valence-electron chi connectivity index (χ0n) is 15.8. The van der Waals surface area contributed by atoms with Crippen molar-refractivity contribution in [2.75, 3.05) is 39.9 Å². The molecule has 1 aliphatic heterocycles. The Balaban J connectivity index is 1.64. The van der Waals surface area contributed by atoms with Gasteiger partial charge in [-0.05, 0) is 40.5 Å². The number of benzene rings is 2. The van der Waals surface area contributed by atoms with Crippen molar-refractivity contribution in [1.29, 1.82) is 0 Å². The molecule has 0 atom stereocenters. The van der Waals surface area contributed by atoms with E-state index in [0.29, 0.717) is 23.7 Å². The maximum Gasteiger partial charge on any atom is 0.254 e. The maximum atomic E-state index is 12.9. The van der Waals surface area contributed by atoms with Gasteiger partial charge in [0.1, 0.15) is 0 Å². The molecular formula is C21H25BrN2O3. The number of ether oxygens (including phenoxy) is 2. The smallest absolute Gasteiger partial charge is 0.254 e. The molecule has 0 aliphatic carbocycles. The maximum absolute atomic E-state index is 12.9. The number of nitrogens with zero attached hydrogens (tertiary/aromatic N) is 2. The molecule has 0 radical (unpaired) electrons. The van der Waals surface area contributed by atoms with Gasteiger partial charge in [-0.3, -0.25) is 9.69 Å². The van der Waals surface area contributed by atoms with Crippen molar-refractivity contribution in [1.82, 2.24) is 9.80 Å². The highest BCUT2D eigenvalue weighted by Crippen LogP contribution is 2.37. The van der Waals surface area contributed by atoms with Gasteiger partial charge in [0.05, 0.1) is 18.2 Å². The van der Waals surface area contributed by atoms with E-state index in [4.69, 9.17) is 9.47 Å². The summed E-state index contributed by atoms with van der Waals surface area (Å²) in [6.07, 6.45) is 0. The molecule has 1 amide bonds. The van der Waals surface area contributed by atoms with E-state index in [1.54, 1.807) is 13.2 Å². The van der Waals surface area contributed by atoms with Gasteiger partial charge in [0, 0.05) is 38.3 Å². The van der Waals surface area contributed by atoms with Crippen molar-refractivity contribution in [3.8, 4) is 11.5 Å². The van der Waals surface area contributed by atoms with Crippen LogP contribution >= 0.6 is 15.9 Å². The number of piperazine rings is 1. The van der Waals surface area contributed by atoms with Crippen molar-refractivity contribution >= 4 is 21.8 Å². The third-order valence-corrected chi connectivity index (χ3v) is 5.26. The van der Waals surface area contributed by atoms with Crippen molar-refractivity contribution < 1.29 is 14.3 Å². The average molecular weight is 433 g/mol. The van der Waals surface area contributed by atoms with E-state index in [1.807, 2.05) is 24.0 Å². The van der Waals surface area contributed by atoms with Crippen LogP contribution in [-0.4, -0.2) is 55.6 Å². The van der Waals surface area contributed by atoms with Crippen LogP contribution in [0.2, 0.25) is 0 Å². The summed E-state index contributed by atoms with van der Waals surface area (Å²) in [6.45, 7) is 6.56. The predicted octanol–water partition coefficient (Wildman–Crippen LogP) is 3.81. The van der Waals surface area contributed by atoms with Gasteiger partial charge in [-0.2, -0.15) is 0 Å². The number of carbonyl (C=O) groups excluding carboxylic acids is 1. The monoisotopic (exact) mass is 432 g/mol. The molecule has 1 aliphatic rings. The molecule has 27 heavy (non-hydrogen) atoms. The van der Waals surface area contributed by atoms with E-state index < -0.39 is 0 Å². The zero-order valence-corrected chi connectivity index (χ0v) is 17.4. The molecule has 1 saturated heterocycles. The molecule has 0 aromatic heterocycles. The molecule has 6 heteroatoms. The molecular weight excluding hydrogens is 408 g/mol. The quantitative estimate of drug-likeness (QED) is 0.695. The number of halogens is 1. The second kappa shape index (κ2) is 9.24. The summed E-state index contributed by atoms with van der Waals surface area (Å²) in [5.41, 5.74) is 1.91. The standard InChI is InChI=1S/C21H25BrN2O3/c1-3-27-20-18(22)13-17(14-19(20)26-2)21(25)24-11-9-23(10-12-24)15-16-7-5-4-6-8-16/h4-8,13-14H,3,9-12,15H2,1-2H3. The van der Waals surface area contributed by atoms with Crippen LogP contribution < -0.4 is 9.47 Å². The van der Waals surface area contributed by atoms with Crippen molar-refractivity contribution in [2.45, 2.75) is 13.5 Å². The Morgan fingerprint density at radius 1 is 1.11 bits per heavy atom. The third-order valence-electron chi connectivity index (χ3n) is 4.67. The van der Waals surface area contributed by atoms with Crippen LogP contribution in [0.15, 0.2) is 46.9 Å². The molecule has 2 aromatic carbocycles. The second-order valence-corrected chi connectivity index (χ2v) is 7.33. The minimum absolute atomic E-state index is 0.0245. The van der Waals surface area contributed by atoms with Crippen LogP contribution in [0.1, 0.15) is 22.8 Å². The van der Waals surface area contributed by atoms with E-state index in [1.165, 1.54) is 5.56 Å². The van der Waals surface area contributed by atoms with Gasteiger partial charge in [0.25, 0.3) is 5.91 Å². The summed E-state index contributed by atoms with van der Waals surface area (Å²) in [4.78, 5) is 17.2. The number of hydrogen-bond acceptors (Lipinski definition) is 4. The third kappa shape index (κ3) is 4.82. The van der Waals surface area contributed by atoms with E-state index in [-0.39, 0.29) is 5.91 Å². The minimum atomic E-state index is 0.0245. The summed E-state index contributed by atoms with van der Waals surface area (Å²) >= 11 is 3.49. The summed E-state index contributed by atoms with van der Waals surface area (Å²) in [5, 5.41) is 0. The highest BCUT2D eigenvalue weighted by atomic mass is 79.9. The van der Waals surface area contributed by atoms with Crippen LogP contribution in [0.3, 0.4) is 0 Å². The lowest BCUT2D eigenvalue weighted by Crippen LogP contribution is -2.48. The van der Waals surface area contributed by atoms with Crippen molar-refractivity contribution in [3.05, 3.63) is 58.1 Å². The molecule has 0 saturated carbocycles. The molecule has 144 valence electrons. The van der Waals surface area contributed by atoms with Gasteiger partial charge in [0.2, 0.25) is 0 Å². The van der Waals surface area contributed by atoms with Crippen LogP contribution in [-0.2, 0) is 6.54 Å².